The fraction of sp³-hybridized carbons (Fsp3) is 0.500. The number of ketones is 2. The summed E-state index contributed by atoms with van der Waals surface area (Å²) in [4.78, 5) is 165. The van der Waals surface area contributed by atoms with Crippen LogP contribution in [0, 0.1) is 11.8 Å². The molecule has 0 aliphatic heterocycles. The minimum atomic E-state index is -1.71. The fourth-order valence-electron chi connectivity index (χ4n) is 11.8. The number of carboxylic acid groups (broad SMARTS) is 1. The zero-order valence-electron chi connectivity index (χ0n) is 65.4. The second kappa shape index (κ2) is 43.3. The molecule has 7 amide bonds. The van der Waals surface area contributed by atoms with Crippen LogP contribution in [0.5, 0.6) is 0 Å². The highest BCUT2D eigenvalue weighted by atomic mass is 32.2. The van der Waals surface area contributed by atoms with Gasteiger partial charge >= 0.3 is 36.0 Å². The van der Waals surface area contributed by atoms with Gasteiger partial charge < -0.3 is 61.3 Å². The number of alkyl carbamates (subject to hydrolysis) is 1. The number of hydrogen-bond donors (Lipinski definition) is 8. The van der Waals surface area contributed by atoms with Crippen molar-refractivity contribution in [3.63, 3.8) is 0 Å². The van der Waals surface area contributed by atoms with Gasteiger partial charge in [-0.15, -0.1) is 11.8 Å². The van der Waals surface area contributed by atoms with Gasteiger partial charge in [-0.25, -0.2) is 14.4 Å². The molecule has 5 aromatic rings. The third-order valence-electron chi connectivity index (χ3n) is 16.9. The predicted octanol–water partition coefficient (Wildman–Crippen LogP) is 11.5. The van der Waals surface area contributed by atoms with E-state index in [9.17, 15) is 62.6 Å². The Bertz CT molecular complexity index is 3690. The number of ether oxygens (including phenoxy) is 4. The first-order chi connectivity index (χ1) is 51.3. The molecule has 5 aromatic carbocycles. The van der Waals surface area contributed by atoms with E-state index in [1.165, 1.54) is 11.8 Å². The zero-order chi connectivity index (χ0) is 80.5. The predicted molar refractivity (Wildman–Crippen MR) is 417 cm³/mol. The van der Waals surface area contributed by atoms with Crippen LogP contribution in [0.15, 0.2) is 152 Å². The Morgan fingerprint density at radius 1 is 0.413 bits per heavy atom. The third-order valence-corrected chi connectivity index (χ3v) is 18.6. The molecule has 8 N–H and O–H groups in total. The molecule has 109 heavy (non-hydrogen) atoms. The van der Waals surface area contributed by atoms with Gasteiger partial charge in [-0.05, 0) is 156 Å². The highest BCUT2D eigenvalue weighted by Crippen LogP contribution is 2.49. The van der Waals surface area contributed by atoms with Gasteiger partial charge in [-0.3, -0.25) is 43.2 Å². The zero-order valence-corrected chi connectivity index (χ0v) is 66.2. The van der Waals surface area contributed by atoms with Gasteiger partial charge in [0.1, 0.15) is 34.5 Å². The lowest BCUT2D eigenvalue weighted by atomic mass is 9.84. The van der Waals surface area contributed by atoms with Gasteiger partial charge in [-0.1, -0.05) is 165 Å². The Hall–Kier alpha value is -9.91. The van der Waals surface area contributed by atoms with Crippen molar-refractivity contribution in [2.45, 2.75) is 237 Å². The number of aliphatic carboxylic acids is 1. The fourth-order valence-corrected chi connectivity index (χ4v) is 13.4. The summed E-state index contributed by atoms with van der Waals surface area (Å²) in [6.45, 7) is 21.3. The van der Waals surface area contributed by atoms with Gasteiger partial charge in [0, 0.05) is 62.9 Å². The molecule has 0 bridgehead atoms. The first-order valence-electron chi connectivity index (χ1n) is 37.3. The highest BCUT2D eigenvalue weighted by Gasteiger charge is 2.41. The lowest BCUT2D eigenvalue weighted by Crippen LogP contribution is -2.57. The monoisotopic (exact) mass is 1520 g/mol. The van der Waals surface area contributed by atoms with Crippen LogP contribution in [-0.2, 0) is 84.5 Å². The van der Waals surface area contributed by atoms with Crippen molar-refractivity contribution in [3.05, 3.63) is 179 Å². The van der Waals surface area contributed by atoms with Crippen LogP contribution in [0.1, 0.15) is 195 Å². The number of carbonyl (C=O) groups excluding carboxylic acids is 11. The number of nitrogens with one attached hydrogen (secondary N) is 7. The van der Waals surface area contributed by atoms with E-state index in [2.05, 4.69) is 37.2 Å². The van der Waals surface area contributed by atoms with Crippen LogP contribution in [-0.4, -0.2) is 148 Å². The molecule has 5 rings (SSSR count). The van der Waals surface area contributed by atoms with Crippen LogP contribution in [0.25, 0.3) is 0 Å². The minimum absolute atomic E-state index is 0.0166. The van der Waals surface area contributed by atoms with Crippen molar-refractivity contribution in [1.29, 1.82) is 0 Å². The molecule has 0 heterocycles. The number of rotatable bonds is 42. The van der Waals surface area contributed by atoms with E-state index in [1.54, 1.807) is 132 Å². The second-order valence-electron chi connectivity index (χ2n) is 31.2. The number of carbonyl (C=O) groups is 12. The summed E-state index contributed by atoms with van der Waals surface area (Å²) in [7, 11) is 0. The Kier molecular flexibility index (Phi) is 35.7. The Morgan fingerprint density at radius 2 is 0.890 bits per heavy atom. The molecule has 0 aliphatic carbocycles. The summed E-state index contributed by atoms with van der Waals surface area (Å²) in [5, 5.41) is 29.8. The average molecular weight is 1520 g/mol. The second-order valence-corrected chi connectivity index (χ2v) is 32.5. The Labute approximate surface area is 646 Å². The van der Waals surface area contributed by atoms with E-state index in [4.69, 9.17) is 18.9 Å². The number of hydrogen-bond acceptors (Lipinski definition) is 17. The van der Waals surface area contributed by atoms with Crippen molar-refractivity contribution in [2.24, 2.45) is 11.8 Å². The first-order valence-corrected chi connectivity index (χ1v) is 38.3. The van der Waals surface area contributed by atoms with Gasteiger partial charge in [-0.2, -0.15) is 0 Å². The largest absolute Gasteiger partial charge is 0.481 e. The summed E-state index contributed by atoms with van der Waals surface area (Å²) in [6.07, 6.45) is -0.354. The van der Waals surface area contributed by atoms with Crippen molar-refractivity contribution < 1.29 is 81.6 Å². The standard InChI is InChI=1S/C84H113N7O17S/c1-56(44-47-72(96)105-80(2,3)4)87-78(103)90-64(77(102)107-82(8,9)10)45-46-70(94)85-48-32-15-14-31-43-71(95)88-65(50-58-35-23-17-24-36-58)68(92)51-59(49-57-33-21-16-22-34-57)74(98)86-54-67(91-79(104)108-83(11,12)13)75(99)89-66(53-73(97)106-81(5,6)7)69(93)52-60(76(100)101)55-109-84(61-37-25-18-26-38-61,62-39-27-19-28-40-62)63-41-29-20-30-42-63/h16-30,33-42,56,59-60,64-67H,14-15,31-32,43-55H2,1-13H3,(H,85,94)(H,86,98)(H,88,95)(H,89,99)(H,91,104)(H,100,101)(H2,87,90,103)/t56-,59-,60+,64+,65+,66+,67+/m1/s1. The molecule has 0 saturated heterocycles. The number of carboxylic acids is 1. The molecule has 0 aromatic heterocycles. The van der Waals surface area contributed by atoms with Gasteiger partial charge in [0.25, 0.3) is 0 Å². The number of benzene rings is 5. The maximum absolute atomic E-state index is 14.8. The molecular weight excluding hydrogens is 1410 g/mol. The van der Waals surface area contributed by atoms with Crippen molar-refractivity contribution in [2.75, 3.05) is 18.8 Å². The lowest BCUT2D eigenvalue weighted by Gasteiger charge is -2.36. The average Bonchev–Trinajstić information content (AvgIpc) is 0.755. The van der Waals surface area contributed by atoms with Crippen molar-refractivity contribution >= 4 is 83.0 Å². The van der Waals surface area contributed by atoms with E-state index in [1.807, 2.05) is 109 Å². The van der Waals surface area contributed by atoms with E-state index in [-0.39, 0.29) is 56.6 Å². The number of thioether (sulfide) groups is 1. The van der Waals surface area contributed by atoms with Crippen LogP contribution in [0.4, 0.5) is 9.59 Å². The molecule has 24 nitrogen and oxygen atoms in total. The summed E-state index contributed by atoms with van der Waals surface area (Å²) in [5.41, 5.74) is 0.285. The minimum Gasteiger partial charge on any atom is -0.481 e. The van der Waals surface area contributed by atoms with E-state index in [0.717, 1.165) is 22.3 Å². The number of Topliss-reactive ketones (excluding diaryl/α,β-unsaturated/α-hetero) is 2. The summed E-state index contributed by atoms with van der Waals surface area (Å²) in [6, 6.07) is 39.8. The van der Waals surface area contributed by atoms with Gasteiger partial charge in [0.05, 0.1) is 29.2 Å². The molecule has 592 valence electrons. The first kappa shape index (κ1) is 89.7. The summed E-state index contributed by atoms with van der Waals surface area (Å²) >= 11 is 1.32. The van der Waals surface area contributed by atoms with Crippen LogP contribution in [0.3, 0.4) is 0 Å². The van der Waals surface area contributed by atoms with E-state index < -0.39 is 160 Å². The molecule has 0 spiro atoms. The molecule has 0 saturated carbocycles. The maximum atomic E-state index is 14.8. The number of urea groups is 1. The molecule has 0 fully saturated rings. The van der Waals surface area contributed by atoms with Gasteiger partial charge in [0.2, 0.25) is 23.6 Å². The van der Waals surface area contributed by atoms with E-state index in [0.29, 0.717) is 37.8 Å². The molecule has 25 heteroatoms. The molecule has 0 aliphatic rings. The molecule has 0 radical (unpaired) electrons. The maximum Gasteiger partial charge on any atom is 0.408 e. The van der Waals surface area contributed by atoms with E-state index >= 15 is 0 Å². The molecular formula is C84H113N7O17S. The third kappa shape index (κ3) is 34.1. The van der Waals surface area contributed by atoms with Crippen LogP contribution >= 0.6 is 11.8 Å². The normalized spacial score (nSPS) is 13.7. The van der Waals surface area contributed by atoms with Crippen molar-refractivity contribution in [1.82, 2.24) is 37.2 Å². The van der Waals surface area contributed by atoms with Crippen LogP contribution in [0.2, 0.25) is 0 Å². The number of unbranched alkanes of at least 4 members (excludes halogenated alkanes) is 3. The smallest absolute Gasteiger partial charge is 0.408 e. The quantitative estimate of drug-likeness (QED) is 0.00779. The summed E-state index contributed by atoms with van der Waals surface area (Å²) < 4.78 is 21.1. The molecule has 0 unspecified atom stereocenters. The Balaban J connectivity index is 1.28. The molecule has 7 atom stereocenters. The lowest BCUT2D eigenvalue weighted by molar-refractivity contribution is -0.158. The summed E-state index contributed by atoms with van der Waals surface area (Å²) in [5.74, 6) is -9.82. The SMILES string of the molecule is C[C@H](CCC(=O)OC(C)(C)C)NC(=O)N[C@@H](CCC(=O)NCCCCCCC(=O)N[C@@H](Cc1ccccc1)C(=O)C[C@@H](Cc1ccccc1)C(=O)NC[C@H](NC(=O)OC(C)(C)C)C(=O)N[C@@H](CC(=O)OC(C)(C)C)C(=O)C[C@@H](CSC(c1ccccc1)(c1ccccc1)c1ccccc1)C(=O)O)C(=O)OC(C)(C)C. The highest BCUT2D eigenvalue weighted by molar-refractivity contribution is 8.00. The van der Waals surface area contributed by atoms with Crippen LogP contribution < -0.4 is 37.2 Å². The number of esters is 3. The Morgan fingerprint density at radius 3 is 1.40 bits per heavy atom. The van der Waals surface area contributed by atoms with Crippen molar-refractivity contribution in [3.8, 4) is 0 Å². The topological polar surface area (TPSA) is 346 Å². The van der Waals surface area contributed by atoms with Gasteiger partial charge in [0.15, 0.2) is 11.6 Å². The number of amides is 7.